The minimum absolute atomic E-state index is 0.0523. The van der Waals surface area contributed by atoms with Gasteiger partial charge in [-0.3, -0.25) is 4.79 Å². The summed E-state index contributed by atoms with van der Waals surface area (Å²) in [7, 11) is 0. The Morgan fingerprint density at radius 1 is 1.04 bits per heavy atom. The van der Waals surface area contributed by atoms with Crippen LogP contribution in [-0.2, 0) is 11.3 Å². The van der Waals surface area contributed by atoms with Crippen LogP contribution in [-0.4, -0.2) is 15.5 Å². The first-order valence-electron chi connectivity index (χ1n) is 8.65. The Morgan fingerprint density at radius 2 is 1.96 bits per heavy atom. The second-order valence-corrected chi connectivity index (χ2v) is 6.39. The van der Waals surface area contributed by atoms with Crippen LogP contribution >= 0.6 is 0 Å². The molecule has 0 atom stereocenters. The maximum absolute atomic E-state index is 12.2. The van der Waals surface area contributed by atoms with Crippen LogP contribution in [0.15, 0.2) is 48.8 Å². The van der Waals surface area contributed by atoms with Crippen LogP contribution in [0.3, 0.4) is 0 Å². The van der Waals surface area contributed by atoms with E-state index in [1.807, 2.05) is 12.1 Å². The number of carbonyl (C=O) groups excluding carboxylic acids is 1. The third-order valence-corrected chi connectivity index (χ3v) is 4.70. The van der Waals surface area contributed by atoms with E-state index in [1.54, 1.807) is 6.20 Å². The summed E-state index contributed by atoms with van der Waals surface area (Å²) in [6, 6.07) is 12.5. The number of nitrogens with zero attached hydrogens (tertiary/aromatic N) is 2. The molecule has 2 aromatic heterocycles. The molecule has 1 aromatic carbocycles. The van der Waals surface area contributed by atoms with Crippen molar-refractivity contribution in [1.29, 1.82) is 0 Å². The van der Waals surface area contributed by atoms with E-state index in [4.69, 9.17) is 0 Å². The molecule has 122 valence electrons. The Morgan fingerprint density at radius 3 is 2.92 bits per heavy atom. The molecule has 1 amide bonds. The predicted molar refractivity (Wildman–Crippen MR) is 96.9 cm³/mol. The highest BCUT2D eigenvalue weighted by Gasteiger charge is 2.12. The SMILES string of the molecule is O=C1CCCCCCn2ccc3ccc(cc32)-c2cccnc2N1. The van der Waals surface area contributed by atoms with Gasteiger partial charge < -0.3 is 9.88 Å². The zero-order chi connectivity index (χ0) is 16.4. The molecule has 0 aliphatic carbocycles. The molecule has 1 aliphatic heterocycles. The molecule has 0 fully saturated rings. The molecule has 3 heterocycles. The largest absolute Gasteiger partial charge is 0.347 e. The molecular formula is C20H21N3O. The lowest BCUT2D eigenvalue weighted by Gasteiger charge is -2.12. The topological polar surface area (TPSA) is 46.9 Å². The number of carbonyl (C=O) groups is 1. The lowest BCUT2D eigenvalue weighted by molar-refractivity contribution is -0.116. The average molecular weight is 319 g/mol. The number of amides is 1. The van der Waals surface area contributed by atoms with Gasteiger partial charge in [0.1, 0.15) is 5.82 Å². The van der Waals surface area contributed by atoms with Crippen molar-refractivity contribution in [3.63, 3.8) is 0 Å². The van der Waals surface area contributed by atoms with Crippen LogP contribution in [0.2, 0.25) is 0 Å². The van der Waals surface area contributed by atoms with Crippen molar-refractivity contribution in [2.75, 3.05) is 5.32 Å². The Hall–Kier alpha value is -2.62. The van der Waals surface area contributed by atoms with Crippen LogP contribution in [0.25, 0.3) is 22.0 Å². The van der Waals surface area contributed by atoms with Gasteiger partial charge in [0.15, 0.2) is 0 Å². The van der Waals surface area contributed by atoms with E-state index < -0.39 is 0 Å². The number of nitrogens with one attached hydrogen (secondary N) is 1. The van der Waals surface area contributed by atoms with Gasteiger partial charge in [-0.15, -0.1) is 0 Å². The Balaban J connectivity index is 1.83. The van der Waals surface area contributed by atoms with Gasteiger partial charge in [0.25, 0.3) is 0 Å². The van der Waals surface area contributed by atoms with Crippen LogP contribution in [0.4, 0.5) is 5.82 Å². The quantitative estimate of drug-likeness (QED) is 0.658. The van der Waals surface area contributed by atoms with Gasteiger partial charge in [-0.1, -0.05) is 25.0 Å². The summed E-state index contributed by atoms with van der Waals surface area (Å²) in [6.45, 7) is 1.03. The third kappa shape index (κ3) is 2.92. The number of rotatable bonds is 0. The maximum atomic E-state index is 12.2. The van der Waals surface area contributed by atoms with E-state index in [9.17, 15) is 4.79 Å². The number of fused-ring (bicyclic) bond motifs is 3. The molecule has 0 saturated heterocycles. The predicted octanol–water partition coefficient (Wildman–Crippen LogP) is 4.61. The molecule has 1 aliphatic rings. The molecule has 4 rings (SSSR count). The second kappa shape index (κ2) is 6.48. The Labute approximate surface area is 141 Å². The molecule has 0 saturated carbocycles. The zero-order valence-corrected chi connectivity index (χ0v) is 13.7. The first-order chi connectivity index (χ1) is 11.8. The Bertz CT molecular complexity index is 881. The number of benzene rings is 1. The fourth-order valence-corrected chi connectivity index (χ4v) is 3.40. The lowest BCUT2D eigenvalue weighted by Crippen LogP contribution is -2.13. The zero-order valence-electron chi connectivity index (χ0n) is 13.7. The first-order valence-corrected chi connectivity index (χ1v) is 8.65. The van der Waals surface area contributed by atoms with E-state index in [2.05, 4.69) is 45.3 Å². The first kappa shape index (κ1) is 14.9. The Kier molecular flexibility index (Phi) is 4.03. The molecule has 0 radical (unpaired) electrons. The summed E-state index contributed by atoms with van der Waals surface area (Å²) in [5.41, 5.74) is 3.30. The van der Waals surface area contributed by atoms with Gasteiger partial charge in [0.05, 0.1) is 0 Å². The van der Waals surface area contributed by atoms with Gasteiger partial charge in [-0.25, -0.2) is 4.98 Å². The minimum Gasteiger partial charge on any atom is -0.347 e. The number of hydrogen-bond donors (Lipinski definition) is 1. The average Bonchev–Trinajstić information content (AvgIpc) is 3.00. The van der Waals surface area contributed by atoms with Gasteiger partial charge in [0, 0.05) is 36.4 Å². The normalized spacial score (nSPS) is 15.8. The summed E-state index contributed by atoms with van der Waals surface area (Å²) in [6.07, 6.45) is 8.78. The van der Waals surface area contributed by atoms with Crippen LogP contribution in [0.1, 0.15) is 32.1 Å². The summed E-state index contributed by atoms with van der Waals surface area (Å²) in [5.74, 6) is 0.702. The summed E-state index contributed by atoms with van der Waals surface area (Å²) in [4.78, 5) is 16.6. The van der Waals surface area contributed by atoms with Gasteiger partial charge in [-0.2, -0.15) is 0 Å². The number of pyridine rings is 1. The van der Waals surface area contributed by atoms with Crippen molar-refractivity contribution in [3.05, 3.63) is 48.8 Å². The summed E-state index contributed by atoms with van der Waals surface area (Å²) in [5, 5.41) is 4.24. The van der Waals surface area contributed by atoms with Crippen molar-refractivity contribution in [1.82, 2.24) is 9.55 Å². The summed E-state index contributed by atoms with van der Waals surface area (Å²) < 4.78 is 2.33. The van der Waals surface area contributed by atoms with Gasteiger partial charge >= 0.3 is 0 Å². The van der Waals surface area contributed by atoms with Crippen LogP contribution in [0, 0.1) is 0 Å². The van der Waals surface area contributed by atoms with Crippen molar-refractivity contribution in [2.24, 2.45) is 0 Å². The van der Waals surface area contributed by atoms with Gasteiger partial charge in [-0.05, 0) is 48.1 Å². The highest BCUT2D eigenvalue weighted by molar-refractivity contribution is 5.95. The molecule has 0 unspecified atom stereocenters. The molecule has 1 N–H and O–H groups in total. The summed E-state index contributed by atoms with van der Waals surface area (Å²) >= 11 is 0. The fourth-order valence-electron chi connectivity index (χ4n) is 3.40. The smallest absolute Gasteiger partial charge is 0.225 e. The highest BCUT2D eigenvalue weighted by atomic mass is 16.1. The van der Waals surface area contributed by atoms with E-state index in [1.165, 1.54) is 10.9 Å². The lowest BCUT2D eigenvalue weighted by atomic mass is 10.0. The molecular weight excluding hydrogens is 298 g/mol. The number of aromatic nitrogens is 2. The van der Waals surface area contributed by atoms with Crippen molar-refractivity contribution < 1.29 is 4.79 Å². The monoisotopic (exact) mass is 319 g/mol. The number of aryl methyl sites for hydroxylation is 1. The minimum atomic E-state index is 0.0523. The molecule has 4 heteroatoms. The number of hydrogen-bond acceptors (Lipinski definition) is 2. The highest BCUT2D eigenvalue weighted by Crippen LogP contribution is 2.30. The molecule has 0 spiro atoms. The van der Waals surface area contributed by atoms with Gasteiger partial charge in [0.2, 0.25) is 5.91 Å². The molecule has 4 nitrogen and oxygen atoms in total. The van der Waals surface area contributed by atoms with Crippen LogP contribution in [0.5, 0.6) is 0 Å². The van der Waals surface area contributed by atoms with Crippen molar-refractivity contribution >= 4 is 22.6 Å². The molecule has 24 heavy (non-hydrogen) atoms. The molecule has 2 bridgehead atoms. The third-order valence-electron chi connectivity index (χ3n) is 4.70. The van der Waals surface area contributed by atoms with Crippen molar-refractivity contribution in [3.8, 4) is 11.1 Å². The second-order valence-electron chi connectivity index (χ2n) is 6.39. The number of anilines is 1. The standard InChI is InChI=1S/C20H21N3O/c24-19-7-3-1-2-4-12-23-13-10-15-8-9-16(14-18(15)23)17-6-5-11-21-20(17)22-19/h5-6,8-11,13-14H,1-4,7,12H2,(H,21,22,24). The van der Waals surface area contributed by atoms with E-state index in [0.29, 0.717) is 12.2 Å². The van der Waals surface area contributed by atoms with E-state index in [0.717, 1.165) is 43.4 Å². The van der Waals surface area contributed by atoms with E-state index >= 15 is 0 Å². The maximum Gasteiger partial charge on any atom is 0.225 e. The van der Waals surface area contributed by atoms with Crippen LogP contribution < -0.4 is 5.32 Å². The van der Waals surface area contributed by atoms with E-state index in [-0.39, 0.29) is 5.91 Å². The van der Waals surface area contributed by atoms with Crippen molar-refractivity contribution in [2.45, 2.75) is 38.6 Å². The molecule has 3 aromatic rings. The fraction of sp³-hybridized carbons (Fsp3) is 0.300.